The van der Waals surface area contributed by atoms with E-state index in [0.29, 0.717) is 0 Å². The molecule has 1 saturated heterocycles. The first-order valence-corrected chi connectivity index (χ1v) is 4.21. The van der Waals surface area contributed by atoms with Crippen molar-refractivity contribution in [2.24, 2.45) is 0 Å². The van der Waals surface area contributed by atoms with Crippen molar-refractivity contribution >= 4 is 0 Å². The Kier molecular flexibility index (Phi) is 1.90. The first-order chi connectivity index (χ1) is 5.75. The van der Waals surface area contributed by atoms with Crippen LogP contribution in [0.3, 0.4) is 0 Å². The molecule has 0 saturated carbocycles. The summed E-state index contributed by atoms with van der Waals surface area (Å²) in [6.07, 6.45) is 0.231. The van der Waals surface area contributed by atoms with E-state index in [2.05, 4.69) is 5.32 Å². The van der Waals surface area contributed by atoms with Crippen molar-refractivity contribution in [3.63, 3.8) is 0 Å². The van der Waals surface area contributed by atoms with Crippen molar-refractivity contribution in [3.8, 4) is 0 Å². The Bertz CT molecular complexity index is 269. The lowest BCUT2D eigenvalue weighted by Crippen LogP contribution is -2.13. The third-order valence-corrected chi connectivity index (χ3v) is 1.98. The maximum atomic E-state index is 5.56. The maximum Gasteiger partial charge on any atom is 0.167 e. The standard InChI is InChI=1S/C9H13NO2/c1-6-3-4-8(11-6)9-10-5-7(2)12-9/h3-4,7,9-10H,5H2,1-2H3. The van der Waals surface area contributed by atoms with Gasteiger partial charge >= 0.3 is 0 Å². The lowest BCUT2D eigenvalue weighted by Gasteiger charge is -2.06. The molecule has 0 radical (unpaired) electrons. The van der Waals surface area contributed by atoms with Crippen LogP contribution < -0.4 is 5.32 Å². The molecule has 3 nitrogen and oxygen atoms in total. The fraction of sp³-hybridized carbons (Fsp3) is 0.556. The van der Waals surface area contributed by atoms with Gasteiger partial charge in [0.1, 0.15) is 11.5 Å². The van der Waals surface area contributed by atoms with Crippen LogP contribution in [0.25, 0.3) is 0 Å². The van der Waals surface area contributed by atoms with E-state index in [-0.39, 0.29) is 12.3 Å². The molecule has 1 fully saturated rings. The average Bonchev–Trinajstić information content (AvgIpc) is 2.58. The zero-order chi connectivity index (χ0) is 8.55. The first kappa shape index (κ1) is 7.83. The van der Waals surface area contributed by atoms with Crippen molar-refractivity contribution < 1.29 is 9.15 Å². The number of aryl methyl sites for hydroxylation is 1. The van der Waals surface area contributed by atoms with E-state index in [1.54, 1.807) is 0 Å². The lowest BCUT2D eigenvalue weighted by atomic mass is 10.4. The second kappa shape index (κ2) is 2.92. The predicted molar refractivity (Wildman–Crippen MR) is 44.7 cm³/mol. The first-order valence-electron chi connectivity index (χ1n) is 4.21. The van der Waals surface area contributed by atoms with E-state index in [0.717, 1.165) is 18.1 Å². The summed E-state index contributed by atoms with van der Waals surface area (Å²) in [6.45, 7) is 4.87. The highest BCUT2D eigenvalue weighted by molar-refractivity contribution is 5.08. The normalized spacial score (nSPS) is 29.5. The predicted octanol–water partition coefficient (Wildman–Crippen LogP) is 1.59. The van der Waals surface area contributed by atoms with Gasteiger partial charge in [0.25, 0.3) is 0 Å². The number of furan rings is 1. The van der Waals surface area contributed by atoms with Crippen LogP contribution in [-0.2, 0) is 4.74 Å². The van der Waals surface area contributed by atoms with Crippen LogP contribution in [-0.4, -0.2) is 12.6 Å². The minimum absolute atomic E-state index is 0.0475. The van der Waals surface area contributed by atoms with Gasteiger partial charge in [0.2, 0.25) is 0 Å². The minimum atomic E-state index is -0.0475. The molecule has 1 aromatic rings. The molecule has 66 valence electrons. The largest absolute Gasteiger partial charge is 0.462 e. The van der Waals surface area contributed by atoms with Crippen LogP contribution in [0.5, 0.6) is 0 Å². The quantitative estimate of drug-likeness (QED) is 0.689. The second-order valence-corrected chi connectivity index (χ2v) is 3.18. The number of hydrogen-bond donors (Lipinski definition) is 1. The number of nitrogens with one attached hydrogen (secondary N) is 1. The van der Waals surface area contributed by atoms with Gasteiger partial charge in [0.05, 0.1) is 6.10 Å². The maximum absolute atomic E-state index is 5.56. The molecular formula is C9H13NO2. The van der Waals surface area contributed by atoms with E-state index in [1.807, 2.05) is 26.0 Å². The molecule has 2 rings (SSSR count). The van der Waals surface area contributed by atoms with Gasteiger partial charge in [-0.3, -0.25) is 5.32 Å². The Balaban J connectivity index is 2.11. The SMILES string of the molecule is Cc1ccc(C2NCC(C)O2)o1. The Hall–Kier alpha value is -0.800. The van der Waals surface area contributed by atoms with Crippen LogP contribution in [0.4, 0.5) is 0 Å². The van der Waals surface area contributed by atoms with Gasteiger partial charge in [-0.2, -0.15) is 0 Å². The summed E-state index contributed by atoms with van der Waals surface area (Å²) in [6, 6.07) is 3.90. The van der Waals surface area contributed by atoms with E-state index in [1.165, 1.54) is 0 Å². The average molecular weight is 167 g/mol. The van der Waals surface area contributed by atoms with Crippen molar-refractivity contribution in [1.82, 2.24) is 5.32 Å². The summed E-state index contributed by atoms with van der Waals surface area (Å²) in [5.74, 6) is 1.80. The van der Waals surface area contributed by atoms with E-state index >= 15 is 0 Å². The molecule has 2 atom stereocenters. The summed E-state index contributed by atoms with van der Waals surface area (Å²) in [7, 11) is 0. The minimum Gasteiger partial charge on any atom is -0.462 e. The van der Waals surface area contributed by atoms with Crippen LogP contribution in [0.15, 0.2) is 16.5 Å². The molecule has 1 aromatic heterocycles. The topological polar surface area (TPSA) is 34.4 Å². The fourth-order valence-corrected chi connectivity index (χ4v) is 1.36. The van der Waals surface area contributed by atoms with Crippen molar-refractivity contribution in [1.29, 1.82) is 0 Å². The summed E-state index contributed by atoms with van der Waals surface area (Å²) < 4.78 is 11.0. The van der Waals surface area contributed by atoms with Gasteiger partial charge in [-0.15, -0.1) is 0 Å². The highest BCUT2D eigenvalue weighted by Crippen LogP contribution is 2.22. The number of rotatable bonds is 1. The van der Waals surface area contributed by atoms with Gasteiger partial charge < -0.3 is 9.15 Å². The zero-order valence-corrected chi connectivity index (χ0v) is 7.33. The highest BCUT2D eigenvalue weighted by atomic mass is 16.5. The molecule has 2 heterocycles. The molecule has 0 aliphatic carbocycles. The van der Waals surface area contributed by atoms with Crippen molar-refractivity contribution in [2.75, 3.05) is 6.54 Å². The monoisotopic (exact) mass is 167 g/mol. The number of hydrogen-bond acceptors (Lipinski definition) is 3. The van der Waals surface area contributed by atoms with Crippen molar-refractivity contribution in [2.45, 2.75) is 26.2 Å². The molecule has 0 aromatic carbocycles. The third kappa shape index (κ3) is 1.38. The van der Waals surface area contributed by atoms with Gasteiger partial charge in [0, 0.05) is 6.54 Å². The van der Waals surface area contributed by atoms with Crippen LogP contribution in [0.1, 0.15) is 24.7 Å². The molecule has 0 spiro atoms. The molecule has 2 unspecified atom stereocenters. The van der Waals surface area contributed by atoms with Gasteiger partial charge in [-0.25, -0.2) is 0 Å². The van der Waals surface area contributed by atoms with Gasteiger partial charge in [0.15, 0.2) is 6.23 Å². The van der Waals surface area contributed by atoms with Crippen LogP contribution in [0, 0.1) is 6.92 Å². The van der Waals surface area contributed by atoms with Crippen LogP contribution in [0.2, 0.25) is 0 Å². The molecule has 1 N–H and O–H groups in total. The Morgan fingerprint density at radius 1 is 1.50 bits per heavy atom. The van der Waals surface area contributed by atoms with E-state index < -0.39 is 0 Å². The van der Waals surface area contributed by atoms with Gasteiger partial charge in [-0.05, 0) is 26.0 Å². The molecule has 3 heteroatoms. The molecular weight excluding hydrogens is 154 g/mol. The van der Waals surface area contributed by atoms with E-state index in [4.69, 9.17) is 9.15 Å². The lowest BCUT2D eigenvalue weighted by molar-refractivity contribution is 0.0366. The highest BCUT2D eigenvalue weighted by Gasteiger charge is 2.24. The summed E-state index contributed by atoms with van der Waals surface area (Å²) in [5, 5.41) is 3.22. The molecule has 1 aliphatic heterocycles. The second-order valence-electron chi connectivity index (χ2n) is 3.18. The Labute approximate surface area is 71.7 Å². The Morgan fingerprint density at radius 2 is 2.33 bits per heavy atom. The summed E-state index contributed by atoms with van der Waals surface area (Å²) in [5.41, 5.74) is 0. The Morgan fingerprint density at radius 3 is 2.83 bits per heavy atom. The summed E-state index contributed by atoms with van der Waals surface area (Å²) >= 11 is 0. The van der Waals surface area contributed by atoms with Gasteiger partial charge in [-0.1, -0.05) is 0 Å². The molecule has 12 heavy (non-hydrogen) atoms. The smallest absolute Gasteiger partial charge is 0.167 e. The number of ether oxygens (including phenoxy) is 1. The zero-order valence-electron chi connectivity index (χ0n) is 7.33. The molecule has 1 aliphatic rings. The molecule has 0 amide bonds. The fourth-order valence-electron chi connectivity index (χ4n) is 1.36. The summed E-state index contributed by atoms with van der Waals surface area (Å²) in [4.78, 5) is 0. The van der Waals surface area contributed by atoms with E-state index in [9.17, 15) is 0 Å². The third-order valence-electron chi connectivity index (χ3n) is 1.98. The van der Waals surface area contributed by atoms with Crippen molar-refractivity contribution in [3.05, 3.63) is 23.7 Å². The molecule has 0 bridgehead atoms. The van der Waals surface area contributed by atoms with Crippen LogP contribution >= 0.6 is 0 Å².